The van der Waals surface area contributed by atoms with E-state index in [9.17, 15) is 5.11 Å². The maximum Gasteiger partial charge on any atom is 0.123 e. The molecule has 1 nitrogen and oxygen atoms in total. The summed E-state index contributed by atoms with van der Waals surface area (Å²) in [6, 6.07) is 14.2. The van der Waals surface area contributed by atoms with E-state index in [0.717, 1.165) is 11.1 Å². The minimum atomic E-state index is 0. The number of hydrogen-bond acceptors (Lipinski definition) is 1. The first kappa shape index (κ1) is 25.8. The molecule has 0 aliphatic heterocycles. The molecule has 0 radical (unpaired) electrons. The Hall–Kier alpha value is -0.466. The van der Waals surface area contributed by atoms with E-state index in [4.69, 9.17) is 0 Å². The summed E-state index contributed by atoms with van der Waals surface area (Å²) in [5, 5.41) is 10.2. The average Bonchev–Trinajstić information content (AvgIpc) is 2.36. The van der Waals surface area contributed by atoms with Crippen LogP contribution in [-0.2, 0) is 32.5 Å². The quantitative estimate of drug-likeness (QED) is 0.540. The Labute approximate surface area is 174 Å². The molecule has 1 N–H and O–H groups in total. The molecule has 2 aromatic rings. The van der Waals surface area contributed by atoms with Crippen LogP contribution in [0, 0.1) is 0 Å². The standard InChI is InChI=1S/C20H26O.2ClH.Ti/c1-19(2,3)15-11-14(12-16(13-15)20(4,5)6)17-9-7-8-10-18(17)21;;;/h7-13,21H,1-6H3;2*1H;. The number of halogens is 2. The number of aromatic hydroxyl groups is 1. The predicted octanol–water partition coefficient (Wildman–Crippen LogP) is 6.50. The first-order chi connectivity index (χ1) is 9.59. The van der Waals surface area contributed by atoms with E-state index in [1.54, 1.807) is 6.07 Å². The van der Waals surface area contributed by atoms with Crippen LogP contribution in [0.1, 0.15) is 52.7 Å². The van der Waals surface area contributed by atoms with Gasteiger partial charge in [-0.3, -0.25) is 0 Å². The van der Waals surface area contributed by atoms with E-state index in [2.05, 4.69) is 59.7 Å². The number of hydrogen-bond donors (Lipinski definition) is 1. The molecule has 0 amide bonds. The van der Waals surface area contributed by atoms with Crippen molar-refractivity contribution in [1.82, 2.24) is 0 Å². The predicted molar refractivity (Wildman–Crippen MR) is 105 cm³/mol. The topological polar surface area (TPSA) is 20.2 Å². The molecule has 0 atom stereocenters. The molecule has 24 heavy (non-hydrogen) atoms. The molecule has 4 heteroatoms. The summed E-state index contributed by atoms with van der Waals surface area (Å²) in [4.78, 5) is 0. The van der Waals surface area contributed by atoms with Gasteiger partial charge in [0.1, 0.15) is 5.75 Å². The summed E-state index contributed by atoms with van der Waals surface area (Å²) in [5.41, 5.74) is 4.75. The molecule has 0 saturated carbocycles. The Morgan fingerprint density at radius 3 is 1.50 bits per heavy atom. The molecule has 0 aliphatic rings. The van der Waals surface area contributed by atoms with Crippen LogP contribution in [0.4, 0.5) is 0 Å². The third-order valence-electron chi connectivity index (χ3n) is 3.88. The van der Waals surface area contributed by atoms with Gasteiger partial charge in [-0.05, 0) is 33.6 Å². The molecule has 0 aliphatic carbocycles. The summed E-state index contributed by atoms with van der Waals surface area (Å²) in [5.74, 6) is 0.336. The first-order valence-corrected chi connectivity index (χ1v) is 7.53. The second-order valence-corrected chi connectivity index (χ2v) is 7.82. The summed E-state index contributed by atoms with van der Waals surface area (Å²) < 4.78 is 0. The van der Waals surface area contributed by atoms with E-state index in [1.807, 2.05) is 18.2 Å². The Morgan fingerprint density at radius 1 is 0.708 bits per heavy atom. The fraction of sp³-hybridized carbons (Fsp3) is 0.400. The van der Waals surface area contributed by atoms with Crippen molar-refractivity contribution in [3.63, 3.8) is 0 Å². The normalized spacial score (nSPS) is 10.9. The molecule has 0 spiro atoms. The zero-order chi connectivity index (χ0) is 15.8. The molecule has 0 aromatic heterocycles. The Balaban J connectivity index is 0. The van der Waals surface area contributed by atoms with Crippen LogP contribution in [0.15, 0.2) is 42.5 Å². The number of phenolic OH excluding ortho intramolecular Hbond substituents is 1. The van der Waals surface area contributed by atoms with Gasteiger partial charge in [0, 0.05) is 27.3 Å². The van der Waals surface area contributed by atoms with Crippen molar-refractivity contribution >= 4 is 24.8 Å². The number of benzene rings is 2. The number of rotatable bonds is 1. The van der Waals surface area contributed by atoms with E-state index in [1.165, 1.54) is 11.1 Å². The number of phenols is 1. The molecular formula is C20H28Cl2OTi. The van der Waals surface area contributed by atoms with E-state index in [0.29, 0.717) is 5.75 Å². The molecule has 132 valence electrons. The average molecular weight is 403 g/mol. The second-order valence-electron chi connectivity index (χ2n) is 7.82. The summed E-state index contributed by atoms with van der Waals surface area (Å²) in [6.07, 6.45) is 0. The summed E-state index contributed by atoms with van der Waals surface area (Å²) in [6.45, 7) is 13.4. The molecule has 0 heterocycles. The SMILES string of the molecule is CC(C)(C)c1cc(-c2ccccc2O)cc(C(C)(C)C)c1.Cl.Cl.[Ti]. The van der Waals surface area contributed by atoms with E-state index >= 15 is 0 Å². The fourth-order valence-corrected chi connectivity index (χ4v) is 2.37. The summed E-state index contributed by atoms with van der Waals surface area (Å²) >= 11 is 0. The van der Waals surface area contributed by atoms with Gasteiger partial charge in [-0.1, -0.05) is 77.9 Å². The minimum absolute atomic E-state index is 0. The van der Waals surface area contributed by atoms with Gasteiger partial charge in [-0.2, -0.15) is 0 Å². The van der Waals surface area contributed by atoms with Gasteiger partial charge in [0.05, 0.1) is 0 Å². The van der Waals surface area contributed by atoms with Crippen molar-refractivity contribution in [3.8, 4) is 16.9 Å². The minimum Gasteiger partial charge on any atom is -0.507 e. The van der Waals surface area contributed by atoms with Crippen molar-refractivity contribution in [3.05, 3.63) is 53.6 Å². The Kier molecular flexibility index (Phi) is 9.98. The van der Waals surface area contributed by atoms with Gasteiger partial charge in [-0.25, -0.2) is 0 Å². The van der Waals surface area contributed by atoms with Crippen LogP contribution in [0.3, 0.4) is 0 Å². The Bertz CT molecular complexity index is 623. The van der Waals surface area contributed by atoms with Crippen LogP contribution < -0.4 is 0 Å². The third kappa shape index (κ3) is 6.11. The Morgan fingerprint density at radius 2 is 1.12 bits per heavy atom. The molecule has 0 unspecified atom stereocenters. The maximum atomic E-state index is 10.2. The van der Waals surface area contributed by atoms with Crippen LogP contribution in [0.25, 0.3) is 11.1 Å². The molecular weight excluding hydrogens is 375 g/mol. The summed E-state index contributed by atoms with van der Waals surface area (Å²) in [7, 11) is 0. The molecule has 0 saturated heterocycles. The van der Waals surface area contributed by atoms with Crippen molar-refractivity contribution in [1.29, 1.82) is 0 Å². The smallest absolute Gasteiger partial charge is 0.123 e. The number of para-hydroxylation sites is 1. The molecule has 2 aromatic carbocycles. The largest absolute Gasteiger partial charge is 0.507 e. The van der Waals surface area contributed by atoms with Gasteiger partial charge in [0.2, 0.25) is 0 Å². The molecule has 2 rings (SSSR count). The fourth-order valence-electron chi connectivity index (χ4n) is 2.37. The zero-order valence-electron chi connectivity index (χ0n) is 15.3. The second kappa shape index (κ2) is 9.29. The van der Waals surface area contributed by atoms with Crippen molar-refractivity contribution in [2.45, 2.75) is 52.4 Å². The van der Waals surface area contributed by atoms with Gasteiger partial charge < -0.3 is 5.11 Å². The molecule has 0 bridgehead atoms. The van der Waals surface area contributed by atoms with Gasteiger partial charge in [0.25, 0.3) is 0 Å². The third-order valence-corrected chi connectivity index (χ3v) is 3.88. The first-order valence-electron chi connectivity index (χ1n) is 7.53. The van der Waals surface area contributed by atoms with E-state index < -0.39 is 0 Å². The van der Waals surface area contributed by atoms with Crippen LogP contribution in [-0.4, -0.2) is 5.11 Å². The van der Waals surface area contributed by atoms with Crippen LogP contribution in [0.2, 0.25) is 0 Å². The van der Waals surface area contributed by atoms with Gasteiger partial charge in [-0.15, -0.1) is 24.8 Å². The van der Waals surface area contributed by atoms with Crippen molar-refractivity contribution < 1.29 is 26.8 Å². The maximum absolute atomic E-state index is 10.2. The zero-order valence-corrected chi connectivity index (χ0v) is 18.5. The monoisotopic (exact) mass is 402 g/mol. The molecule has 0 fully saturated rings. The van der Waals surface area contributed by atoms with Crippen LogP contribution >= 0.6 is 24.8 Å². The van der Waals surface area contributed by atoms with Crippen LogP contribution in [0.5, 0.6) is 5.75 Å². The van der Waals surface area contributed by atoms with Gasteiger partial charge in [0.15, 0.2) is 0 Å². The van der Waals surface area contributed by atoms with Gasteiger partial charge >= 0.3 is 0 Å². The van der Waals surface area contributed by atoms with Crippen molar-refractivity contribution in [2.24, 2.45) is 0 Å². The van der Waals surface area contributed by atoms with Crippen molar-refractivity contribution in [2.75, 3.05) is 0 Å². The van der Waals surface area contributed by atoms with E-state index in [-0.39, 0.29) is 57.4 Å².